The van der Waals surface area contributed by atoms with Crippen LogP contribution in [0.4, 0.5) is 17.6 Å². The van der Waals surface area contributed by atoms with E-state index >= 15 is 13.2 Å². The lowest BCUT2D eigenvalue weighted by Gasteiger charge is -2.54. The normalized spacial score (nSPS) is 35.9. The van der Waals surface area contributed by atoms with Crippen molar-refractivity contribution in [2.24, 2.45) is 5.41 Å². The van der Waals surface area contributed by atoms with Crippen molar-refractivity contribution in [3.05, 3.63) is 29.1 Å². The molecule has 9 heteroatoms. The summed E-state index contributed by atoms with van der Waals surface area (Å²) in [5.74, 6) is -1.50. The largest absolute Gasteiger partial charge is 0.493 e. The number of likely N-dealkylation sites (tertiary alicyclic amines) is 1. The van der Waals surface area contributed by atoms with E-state index in [9.17, 15) is 14.0 Å². The third kappa shape index (κ3) is 6.13. The predicted molar refractivity (Wildman–Crippen MR) is 142 cm³/mol. The van der Waals surface area contributed by atoms with Gasteiger partial charge in [0.1, 0.15) is 40.2 Å². The second kappa shape index (κ2) is 9.62. The molecule has 3 saturated carbocycles. The first-order chi connectivity index (χ1) is 18.4. The predicted octanol–water partition coefficient (Wildman–Crippen LogP) is 7.16. The molecule has 0 N–H and O–H groups in total. The standard InChI is InChI=1S/C31H41F4NO4/c1-27(2,3)40-26(38)23-7-6-10-36(23)25(37)21-11-20(19-8-9-19)24(12-22(21)32)39-18-28(4)13-30(34)15-29(5,33)16-31(35,14-28)17-30/h11-12,19,23H,6-10,13-18H2,1-5H3. The highest BCUT2D eigenvalue weighted by atomic mass is 19.2. The van der Waals surface area contributed by atoms with Crippen LogP contribution in [0.1, 0.15) is 114 Å². The Kier molecular flexibility index (Phi) is 7.02. The van der Waals surface area contributed by atoms with Crippen LogP contribution in [0.5, 0.6) is 5.75 Å². The molecule has 1 aromatic rings. The Bertz CT molecular complexity index is 1160. The van der Waals surface area contributed by atoms with Crippen molar-refractivity contribution in [2.45, 2.75) is 127 Å². The van der Waals surface area contributed by atoms with E-state index in [0.717, 1.165) is 12.8 Å². The molecule has 3 atom stereocenters. The minimum Gasteiger partial charge on any atom is -0.493 e. The Morgan fingerprint density at radius 1 is 0.975 bits per heavy atom. The van der Waals surface area contributed by atoms with Gasteiger partial charge in [-0.1, -0.05) is 6.92 Å². The first kappa shape index (κ1) is 29.2. The van der Waals surface area contributed by atoms with Gasteiger partial charge in [0.2, 0.25) is 0 Å². The molecule has 1 amide bonds. The summed E-state index contributed by atoms with van der Waals surface area (Å²) in [5.41, 5.74) is -6.88. The number of alkyl halides is 3. The van der Waals surface area contributed by atoms with Gasteiger partial charge in [-0.05, 0) is 83.8 Å². The maximum atomic E-state index is 15.6. The molecule has 5 rings (SSSR count). The van der Waals surface area contributed by atoms with Gasteiger partial charge in [-0.25, -0.2) is 22.4 Å². The summed E-state index contributed by atoms with van der Waals surface area (Å²) in [6.07, 6.45) is 1.69. The van der Waals surface area contributed by atoms with E-state index in [1.54, 1.807) is 27.7 Å². The minimum absolute atomic E-state index is 0.0377. The number of fused-ring (bicyclic) bond motifs is 2. The molecule has 5 nitrogen and oxygen atoms in total. The van der Waals surface area contributed by atoms with Gasteiger partial charge in [0, 0.05) is 37.3 Å². The second-order valence-electron chi connectivity index (χ2n) is 14.5. The maximum absolute atomic E-state index is 15.6. The molecule has 4 aliphatic rings. The van der Waals surface area contributed by atoms with E-state index in [-0.39, 0.29) is 55.9 Å². The van der Waals surface area contributed by atoms with E-state index in [0.29, 0.717) is 24.9 Å². The summed E-state index contributed by atoms with van der Waals surface area (Å²) in [4.78, 5) is 27.6. The number of hydrogen-bond donors (Lipinski definition) is 0. The van der Waals surface area contributed by atoms with Crippen LogP contribution in [0, 0.1) is 11.2 Å². The summed E-state index contributed by atoms with van der Waals surface area (Å²) < 4.78 is 73.1. The van der Waals surface area contributed by atoms with Gasteiger partial charge < -0.3 is 14.4 Å². The highest BCUT2D eigenvalue weighted by molar-refractivity contribution is 5.98. The van der Waals surface area contributed by atoms with Crippen molar-refractivity contribution in [1.82, 2.24) is 4.90 Å². The van der Waals surface area contributed by atoms with Gasteiger partial charge in [0.05, 0.1) is 12.2 Å². The molecule has 0 aromatic heterocycles. The third-order valence-electron chi connectivity index (χ3n) is 8.61. The van der Waals surface area contributed by atoms with Crippen molar-refractivity contribution < 1.29 is 36.6 Å². The Morgan fingerprint density at radius 2 is 1.60 bits per heavy atom. The number of esters is 1. The van der Waals surface area contributed by atoms with E-state index in [4.69, 9.17) is 9.47 Å². The molecule has 1 aliphatic heterocycles. The lowest BCUT2D eigenvalue weighted by molar-refractivity contribution is -0.159. The van der Waals surface area contributed by atoms with Gasteiger partial charge in [-0.15, -0.1) is 0 Å². The Morgan fingerprint density at radius 3 is 2.17 bits per heavy atom. The van der Waals surface area contributed by atoms with Gasteiger partial charge in [-0.2, -0.15) is 0 Å². The number of carbonyl (C=O) groups excluding carboxylic acids is 2. The highest BCUT2D eigenvalue weighted by Crippen LogP contribution is 2.59. The molecule has 1 aromatic carbocycles. The van der Waals surface area contributed by atoms with Gasteiger partial charge in [0.25, 0.3) is 5.91 Å². The third-order valence-corrected chi connectivity index (χ3v) is 8.61. The van der Waals surface area contributed by atoms with E-state index in [1.807, 2.05) is 0 Å². The minimum atomic E-state index is -1.96. The van der Waals surface area contributed by atoms with Crippen LogP contribution in [-0.4, -0.2) is 58.6 Å². The summed E-state index contributed by atoms with van der Waals surface area (Å²) in [5, 5.41) is 0. The average Bonchev–Trinajstić information content (AvgIpc) is 3.48. The summed E-state index contributed by atoms with van der Waals surface area (Å²) in [6.45, 7) is 8.55. The van der Waals surface area contributed by atoms with Crippen molar-refractivity contribution in [3.8, 4) is 5.75 Å². The van der Waals surface area contributed by atoms with Gasteiger partial charge in [-0.3, -0.25) is 4.79 Å². The zero-order chi connectivity index (χ0) is 29.3. The number of rotatable bonds is 6. The fourth-order valence-corrected chi connectivity index (χ4v) is 7.63. The van der Waals surface area contributed by atoms with E-state index in [1.165, 1.54) is 24.0 Å². The van der Waals surface area contributed by atoms with Crippen molar-refractivity contribution in [3.63, 3.8) is 0 Å². The van der Waals surface area contributed by atoms with Crippen LogP contribution in [-0.2, 0) is 9.53 Å². The van der Waals surface area contributed by atoms with Crippen LogP contribution < -0.4 is 4.74 Å². The van der Waals surface area contributed by atoms with Crippen LogP contribution in [0.15, 0.2) is 12.1 Å². The van der Waals surface area contributed by atoms with Crippen LogP contribution >= 0.6 is 0 Å². The monoisotopic (exact) mass is 567 g/mol. The second-order valence-corrected chi connectivity index (χ2v) is 14.5. The summed E-state index contributed by atoms with van der Waals surface area (Å²) in [7, 11) is 0. The SMILES string of the molecule is CC1(F)CC2(F)CC(C)(COc3cc(F)c(C(=O)N4CCCC4C(=O)OC(C)(C)C)cc3C3CC3)CC(F)(C1)C2. The smallest absolute Gasteiger partial charge is 0.329 e. The lowest BCUT2D eigenvalue weighted by Crippen LogP contribution is -2.58. The fraction of sp³-hybridized carbons (Fsp3) is 0.742. The van der Waals surface area contributed by atoms with Crippen molar-refractivity contribution in [2.75, 3.05) is 13.2 Å². The quantitative estimate of drug-likeness (QED) is 0.271. The van der Waals surface area contributed by atoms with Crippen LogP contribution in [0.2, 0.25) is 0 Å². The summed E-state index contributed by atoms with van der Waals surface area (Å²) >= 11 is 0. The highest BCUT2D eigenvalue weighted by Gasteiger charge is 2.62. The Hall–Kier alpha value is -2.32. The fourth-order valence-electron chi connectivity index (χ4n) is 7.63. The Balaban J connectivity index is 1.35. The first-order valence-corrected chi connectivity index (χ1v) is 14.5. The molecule has 3 aliphatic carbocycles. The van der Waals surface area contributed by atoms with Crippen molar-refractivity contribution in [1.29, 1.82) is 0 Å². The molecular weight excluding hydrogens is 526 g/mol. The zero-order valence-corrected chi connectivity index (χ0v) is 24.2. The number of halogens is 4. The Labute approximate surface area is 234 Å². The number of carbonyl (C=O) groups is 2. The molecule has 1 saturated heterocycles. The van der Waals surface area contributed by atoms with E-state index in [2.05, 4.69) is 0 Å². The van der Waals surface area contributed by atoms with E-state index < -0.39 is 51.8 Å². The molecule has 0 spiro atoms. The van der Waals surface area contributed by atoms with Gasteiger partial charge in [0.15, 0.2) is 0 Å². The molecule has 4 fully saturated rings. The van der Waals surface area contributed by atoms with Crippen LogP contribution in [0.25, 0.3) is 0 Å². The number of ether oxygens (including phenoxy) is 2. The molecule has 3 unspecified atom stereocenters. The lowest BCUT2D eigenvalue weighted by atomic mass is 9.56. The average molecular weight is 568 g/mol. The van der Waals surface area contributed by atoms with Gasteiger partial charge >= 0.3 is 5.97 Å². The zero-order valence-electron chi connectivity index (χ0n) is 24.2. The van der Waals surface area contributed by atoms with Crippen LogP contribution in [0.3, 0.4) is 0 Å². The number of nitrogens with zero attached hydrogens (tertiary/aromatic N) is 1. The topological polar surface area (TPSA) is 55.8 Å². The maximum Gasteiger partial charge on any atom is 0.329 e. The first-order valence-electron chi connectivity index (χ1n) is 14.5. The molecule has 222 valence electrons. The molecule has 2 bridgehead atoms. The number of benzene rings is 1. The van der Waals surface area contributed by atoms with Crippen molar-refractivity contribution >= 4 is 11.9 Å². The number of amides is 1. The molecule has 0 radical (unpaired) electrons. The molecule has 1 heterocycles. The molecular formula is C31H41F4NO4. The number of hydrogen-bond acceptors (Lipinski definition) is 4. The molecule has 40 heavy (non-hydrogen) atoms. The summed E-state index contributed by atoms with van der Waals surface area (Å²) in [6, 6.07) is 1.92.